The predicted molar refractivity (Wildman–Crippen MR) is 56.5 cm³/mol. The van der Waals surface area contributed by atoms with E-state index in [0.29, 0.717) is 18.7 Å². The Morgan fingerprint density at radius 3 is 3.00 bits per heavy atom. The lowest BCUT2D eigenvalue weighted by Gasteiger charge is -2.19. The van der Waals surface area contributed by atoms with Crippen molar-refractivity contribution in [1.29, 1.82) is 0 Å². The maximum atomic E-state index is 11.9. The minimum Gasteiger partial charge on any atom is -0.395 e. The van der Waals surface area contributed by atoms with Crippen molar-refractivity contribution in [2.24, 2.45) is 0 Å². The monoisotopic (exact) mass is 209 g/mol. The summed E-state index contributed by atoms with van der Waals surface area (Å²) in [7, 11) is 0. The number of aromatic nitrogens is 2. The highest BCUT2D eigenvalue weighted by atomic mass is 16.3. The van der Waals surface area contributed by atoms with E-state index in [1.54, 1.807) is 13.0 Å². The van der Waals surface area contributed by atoms with Gasteiger partial charge in [-0.05, 0) is 6.92 Å². The van der Waals surface area contributed by atoms with Crippen LogP contribution in [-0.4, -0.2) is 45.8 Å². The summed E-state index contributed by atoms with van der Waals surface area (Å²) in [5.74, 6) is -0.143. The van der Waals surface area contributed by atoms with Gasteiger partial charge < -0.3 is 10.0 Å². The average Bonchev–Trinajstić information content (AvgIpc) is 2.63. The summed E-state index contributed by atoms with van der Waals surface area (Å²) < 4.78 is 0. The number of hydrogen-bond donors (Lipinski definition) is 2. The minimum atomic E-state index is -0.143. The first-order chi connectivity index (χ1) is 7.20. The topological polar surface area (TPSA) is 69.2 Å². The van der Waals surface area contributed by atoms with Gasteiger partial charge in [0.15, 0.2) is 0 Å². The Morgan fingerprint density at radius 2 is 2.53 bits per heavy atom. The molecule has 0 saturated heterocycles. The summed E-state index contributed by atoms with van der Waals surface area (Å²) in [6.45, 7) is 6.02. The normalized spacial score (nSPS) is 10.0. The highest BCUT2D eigenvalue weighted by Crippen LogP contribution is 2.07. The standard InChI is InChI=1S/C10H15N3O2/c1-3-4-13(5-6-14)10(15)9-7-11-12-8(9)2/h3,7,14H,1,4-6H2,2H3,(H,11,12). The molecule has 0 atom stereocenters. The highest BCUT2D eigenvalue weighted by molar-refractivity contribution is 5.95. The number of hydrogen-bond acceptors (Lipinski definition) is 3. The summed E-state index contributed by atoms with van der Waals surface area (Å²) in [5, 5.41) is 15.3. The molecule has 1 aromatic heterocycles. The number of nitrogens with zero attached hydrogens (tertiary/aromatic N) is 2. The van der Waals surface area contributed by atoms with E-state index in [-0.39, 0.29) is 12.5 Å². The Bertz CT molecular complexity index is 346. The predicted octanol–water partition coefficient (Wildman–Crippen LogP) is 0.339. The van der Waals surface area contributed by atoms with Crippen molar-refractivity contribution in [3.05, 3.63) is 30.1 Å². The van der Waals surface area contributed by atoms with E-state index in [2.05, 4.69) is 16.8 Å². The van der Waals surface area contributed by atoms with Crippen LogP contribution in [0.4, 0.5) is 0 Å². The molecule has 1 rings (SSSR count). The molecule has 0 radical (unpaired) electrons. The molecule has 1 aromatic rings. The van der Waals surface area contributed by atoms with Crippen LogP contribution < -0.4 is 0 Å². The van der Waals surface area contributed by atoms with Gasteiger partial charge in [-0.2, -0.15) is 5.10 Å². The van der Waals surface area contributed by atoms with Crippen LogP contribution in [0.1, 0.15) is 16.1 Å². The maximum Gasteiger partial charge on any atom is 0.257 e. The second-order valence-electron chi connectivity index (χ2n) is 3.17. The molecule has 0 aliphatic carbocycles. The summed E-state index contributed by atoms with van der Waals surface area (Å²) in [4.78, 5) is 13.4. The molecule has 5 heteroatoms. The van der Waals surface area contributed by atoms with E-state index in [4.69, 9.17) is 5.11 Å². The van der Waals surface area contributed by atoms with Crippen molar-refractivity contribution in [1.82, 2.24) is 15.1 Å². The number of nitrogens with one attached hydrogen (secondary N) is 1. The molecule has 0 aliphatic rings. The first-order valence-corrected chi connectivity index (χ1v) is 4.71. The second kappa shape index (κ2) is 5.31. The fraction of sp³-hybridized carbons (Fsp3) is 0.400. The van der Waals surface area contributed by atoms with Crippen LogP contribution in [0.25, 0.3) is 0 Å². The Labute approximate surface area is 88.4 Å². The fourth-order valence-corrected chi connectivity index (χ4v) is 1.29. The number of carbonyl (C=O) groups excluding carboxylic acids is 1. The molecule has 5 nitrogen and oxygen atoms in total. The van der Waals surface area contributed by atoms with Gasteiger partial charge in [-0.1, -0.05) is 6.08 Å². The number of aliphatic hydroxyl groups is 1. The zero-order valence-electron chi connectivity index (χ0n) is 8.73. The second-order valence-corrected chi connectivity index (χ2v) is 3.17. The molecule has 0 aliphatic heterocycles. The molecule has 0 spiro atoms. The molecule has 0 fully saturated rings. The molecule has 1 amide bonds. The Hall–Kier alpha value is -1.62. The quantitative estimate of drug-likeness (QED) is 0.687. The van der Waals surface area contributed by atoms with Crippen LogP contribution in [0.2, 0.25) is 0 Å². The number of H-pyrrole nitrogens is 1. The lowest BCUT2D eigenvalue weighted by molar-refractivity contribution is 0.0742. The molecule has 0 aromatic carbocycles. The van der Waals surface area contributed by atoms with Gasteiger partial charge in [0.05, 0.1) is 18.4 Å². The highest BCUT2D eigenvalue weighted by Gasteiger charge is 2.17. The first-order valence-electron chi connectivity index (χ1n) is 4.71. The molecule has 2 N–H and O–H groups in total. The first kappa shape index (κ1) is 11.5. The van der Waals surface area contributed by atoms with Gasteiger partial charge in [0.1, 0.15) is 0 Å². The van der Waals surface area contributed by atoms with Gasteiger partial charge >= 0.3 is 0 Å². The van der Waals surface area contributed by atoms with Crippen molar-refractivity contribution >= 4 is 5.91 Å². The molecule has 82 valence electrons. The Morgan fingerprint density at radius 1 is 1.80 bits per heavy atom. The number of aliphatic hydroxyl groups excluding tert-OH is 1. The number of rotatable bonds is 5. The largest absolute Gasteiger partial charge is 0.395 e. The summed E-state index contributed by atoms with van der Waals surface area (Å²) in [6, 6.07) is 0. The van der Waals surface area contributed by atoms with Crippen LogP contribution in [-0.2, 0) is 0 Å². The van der Waals surface area contributed by atoms with Crippen molar-refractivity contribution in [2.45, 2.75) is 6.92 Å². The third kappa shape index (κ3) is 2.66. The van der Waals surface area contributed by atoms with Crippen molar-refractivity contribution in [2.75, 3.05) is 19.7 Å². The molecule has 0 bridgehead atoms. The lowest BCUT2D eigenvalue weighted by atomic mass is 10.2. The van der Waals surface area contributed by atoms with Crippen molar-refractivity contribution < 1.29 is 9.90 Å². The van der Waals surface area contributed by atoms with Crippen LogP contribution in [0, 0.1) is 6.92 Å². The van der Waals surface area contributed by atoms with E-state index in [0.717, 1.165) is 5.69 Å². The van der Waals surface area contributed by atoms with Crippen LogP contribution in [0.15, 0.2) is 18.9 Å². The van der Waals surface area contributed by atoms with E-state index in [9.17, 15) is 4.79 Å². The fourth-order valence-electron chi connectivity index (χ4n) is 1.29. The SMILES string of the molecule is C=CCN(CCO)C(=O)c1cn[nH]c1C. The maximum absolute atomic E-state index is 11.9. The molecule has 1 heterocycles. The van der Waals surface area contributed by atoms with Crippen molar-refractivity contribution in [3.8, 4) is 0 Å². The number of amides is 1. The smallest absolute Gasteiger partial charge is 0.257 e. The Balaban J connectivity index is 2.80. The lowest BCUT2D eigenvalue weighted by Crippen LogP contribution is -2.33. The van der Waals surface area contributed by atoms with Gasteiger partial charge in [0.2, 0.25) is 0 Å². The van der Waals surface area contributed by atoms with Gasteiger partial charge in [-0.25, -0.2) is 0 Å². The van der Waals surface area contributed by atoms with Gasteiger partial charge in [-0.15, -0.1) is 6.58 Å². The van der Waals surface area contributed by atoms with Crippen LogP contribution in [0.5, 0.6) is 0 Å². The summed E-state index contributed by atoms with van der Waals surface area (Å²) in [5.41, 5.74) is 1.26. The van der Waals surface area contributed by atoms with Crippen LogP contribution in [0.3, 0.4) is 0 Å². The third-order valence-corrected chi connectivity index (χ3v) is 2.07. The minimum absolute atomic E-state index is 0.0590. The van der Waals surface area contributed by atoms with E-state index in [1.807, 2.05) is 0 Å². The van der Waals surface area contributed by atoms with E-state index >= 15 is 0 Å². The zero-order chi connectivity index (χ0) is 11.3. The van der Waals surface area contributed by atoms with E-state index < -0.39 is 0 Å². The number of aryl methyl sites for hydroxylation is 1. The Kier molecular flexibility index (Phi) is 4.05. The summed E-state index contributed by atoms with van der Waals surface area (Å²) >= 11 is 0. The van der Waals surface area contributed by atoms with Gasteiger partial charge in [-0.3, -0.25) is 9.89 Å². The molecule has 0 saturated carbocycles. The van der Waals surface area contributed by atoms with Crippen LogP contribution >= 0.6 is 0 Å². The van der Waals surface area contributed by atoms with E-state index in [1.165, 1.54) is 11.1 Å². The molecule has 0 unspecified atom stereocenters. The molecule has 15 heavy (non-hydrogen) atoms. The molecular weight excluding hydrogens is 194 g/mol. The zero-order valence-corrected chi connectivity index (χ0v) is 8.73. The molecular formula is C10H15N3O2. The summed E-state index contributed by atoms with van der Waals surface area (Å²) in [6.07, 6.45) is 3.12. The number of aromatic amines is 1. The number of carbonyl (C=O) groups is 1. The van der Waals surface area contributed by atoms with Gasteiger partial charge in [0.25, 0.3) is 5.91 Å². The van der Waals surface area contributed by atoms with Gasteiger partial charge in [0, 0.05) is 18.8 Å². The average molecular weight is 209 g/mol. The third-order valence-electron chi connectivity index (χ3n) is 2.07. The van der Waals surface area contributed by atoms with Crippen molar-refractivity contribution in [3.63, 3.8) is 0 Å².